The number of carbonyl (C=O) groups is 1. The van der Waals surface area contributed by atoms with E-state index in [1.165, 1.54) is 0 Å². The topological polar surface area (TPSA) is 75.4 Å². The Kier molecular flexibility index (Phi) is 4.45. The number of hydrogen-bond donors (Lipinski definition) is 2. The maximum Gasteiger partial charge on any atom is 0.331 e. The molecule has 0 unspecified atom stereocenters. The van der Waals surface area contributed by atoms with Gasteiger partial charge >= 0.3 is 5.97 Å². The van der Waals surface area contributed by atoms with Crippen LogP contribution in [0, 0.1) is 0 Å². The number of aliphatic hydroxyl groups excluding tert-OH is 1. The molecule has 6 heteroatoms. The van der Waals surface area contributed by atoms with E-state index in [0.717, 1.165) is 11.1 Å². The van der Waals surface area contributed by atoms with E-state index in [1.54, 1.807) is 42.3 Å². The molecule has 0 aliphatic carbocycles. The first-order valence-corrected chi connectivity index (χ1v) is 6.64. The van der Waals surface area contributed by atoms with Gasteiger partial charge in [0.2, 0.25) is 0 Å². The second kappa shape index (κ2) is 6.11. The number of halogens is 1. The summed E-state index contributed by atoms with van der Waals surface area (Å²) < 4.78 is 1.64. The Morgan fingerprint density at radius 2 is 2.24 bits per heavy atom. The first-order chi connectivity index (χ1) is 9.88. The Morgan fingerprint density at radius 3 is 2.81 bits per heavy atom. The first kappa shape index (κ1) is 15.3. The van der Waals surface area contributed by atoms with E-state index in [-0.39, 0.29) is 12.0 Å². The number of carboxylic acids is 1. The van der Waals surface area contributed by atoms with Gasteiger partial charge in [0.1, 0.15) is 0 Å². The number of rotatable bonds is 5. The quantitative estimate of drug-likeness (QED) is 0.833. The summed E-state index contributed by atoms with van der Waals surface area (Å²) in [6, 6.07) is 5.06. The molecule has 0 saturated carbocycles. The molecule has 2 aromatic rings. The predicted octanol–water partition coefficient (Wildman–Crippen LogP) is 2.80. The normalized spacial score (nSPS) is 12.1. The summed E-state index contributed by atoms with van der Waals surface area (Å²) in [5, 5.41) is 23.8. The fraction of sp³-hybridized carbons (Fsp3) is 0.200. The molecule has 0 amide bonds. The third kappa shape index (κ3) is 3.51. The molecular weight excluding hydrogens is 292 g/mol. The van der Waals surface area contributed by atoms with Gasteiger partial charge in [0.25, 0.3) is 0 Å². The minimum atomic E-state index is -1.12. The van der Waals surface area contributed by atoms with Gasteiger partial charge < -0.3 is 10.2 Å². The molecule has 1 heterocycles. The summed E-state index contributed by atoms with van der Waals surface area (Å²) >= 11 is 6.01. The van der Waals surface area contributed by atoms with E-state index in [9.17, 15) is 9.90 Å². The van der Waals surface area contributed by atoms with Gasteiger partial charge in [-0.15, -0.1) is 0 Å². The van der Waals surface area contributed by atoms with E-state index in [4.69, 9.17) is 16.7 Å². The molecule has 0 radical (unpaired) electrons. The van der Waals surface area contributed by atoms with Crippen LogP contribution in [-0.4, -0.2) is 26.0 Å². The molecule has 0 aliphatic heterocycles. The molecule has 5 nitrogen and oxygen atoms in total. The average molecular weight is 307 g/mol. The van der Waals surface area contributed by atoms with Crippen LogP contribution in [0.1, 0.15) is 18.1 Å². The minimum absolute atomic E-state index is 0.0467. The summed E-state index contributed by atoms with van der Waals surface area (Å²) in [7, 11) is 1.79. The van der Waals surface area contributed by atoms with Gasteiger partial charge in [0, 0.05) is 35.8 Å². The molecule has 2 N–H and O–H groups in total. The summed E-state index contributed by atoms with van der Waals surface area (Å²) in [5.41, 5.74) is 2.07. The molecule has 2 rings (SSSR count). The number of hydrogen-bond acceptors (Lipinski definition) is 3. The van der Waals surface area contributed by atoms with E-state index in [0.29, 0.717) is 10.6 Å². The van der Waals surface area contributed by atoms with Gasteiger partial charge in [-0.1, -0.05) is 24.2 Å². The Bertz CT molecular complexity index is 694. The van der Waals surface area contributed by atoms with Gasteiger partial charge in [0.15, 0.2) is 0 Å². The van der Waals surface area contributed by atoms with Crippen molar-refractivity contribution in [1.29, 1.82) is 0 Å². The molecule has 0 fully saturated rings. The third-order valence-electron chi connectivity index (χ3n) is 3.13. The van der Waals surface area contributed by atoms with E-state index < -0.39 is 12.1 Å². The van der Waals surface area contributed by atoms with Crippen molar-refractivity contribution in [3.05, 3.63) is 53.3 Å². The van der Waals surface area contributed by atoms with Crippen molar-refractivity contribution in [3.63, 3.8) is 0 Å². The van der Waals surface area contributed by atoms with E-state index in [2.05, 4.69) is 11.7 Å². The number of aliphatic hydroxyl groups is 1. The Morgan fingerprint density at radius 1 is 1.52 bits per heavy atom. The highest BCUT2D eigenvalue weighted by molar-refractivity contribution is 6.30. The van der Waals surface area contributed by atoms with Crippen molar-refractivity contribution in [3.8, 4) is 11.1 Å². The van der Waals surface area contributed by atoms with Crippen LogP contribution < -0.4 is 0 Å². The standard InChI is InChI=1S/C15H15ClN2O3/c1-9(15(20)21)5-14(19)12-4-3-11(16)6-13(12)10-7-17-18(2)8-10/h3-4,6-8,14,19H,1,5H2,2H3,(H,20,21)/t14-/m1/s1. The number of aromatic nitrogens is 2. The number of benzene rings is 1. The van der Waals surface area contributed by atoms with Crippen LogP contribution in [0.25, 0.3) is 11.1 Å². The monoisotopic (exact) mass is 306 g/mol. The van der Waals surface area contributed by atoms with Gasteiger partial charge in [0.05, 0.1) is 12.3 Å². The van der Waals surface area contributed by atoms with E-state index in [1.807, 2.05) is 0 Å². The largest absolute Gasteiger partial charge is 0.478 e. The molecule has 1 aromatic carbocycles. The summed E-state index contributed by atoms with van der Waals surface area (Å²) in [4.78, 5) is 10.8. The SMILES string of the molecule is C=C(C[C@@H](O)c1ccc(Cl)cc1-c1cnn(C)c1)C(=O)O. The van der Waals surface area contributed by atoms with Crippen molar-refractivity contribution in [2.75, 3.05) is 0 Å². The van der Waals surface area contributed by atoms with Crippen LogP contribution in [-0.2, 0) is 11.8 Å². The van der Waals surface area contributed by atoms with Crippen LogP contribution in [0.4, 0.5) is 0 Å². The van der Waals surface area contributed by atoms with Crippen molar-refractivity contribution >= 4 is 17.6 Å². The highest BCUT2D eigenvalue weighted by Crippen LogP contribution is 2.33. The zero-order chi connectivity index (χ0) is 15.6. The number of aliphatic carboxylic acids is 1. The van der Waals surface area contributed by atoms with Crippen LogP contribution in [0.15, 0.2) is 42.7 Å². The van der Waals surface area contributed by atoms with Crippen molar-refractivity contribution in [2.24, 2.45) is 7.05 Å². The summed E-state index contributed by atoms with van der Waals surface area (Å²) in [5.74, 6) is -1.12. The molecule has 0 aliphatic rings. The first-order valence-electron chi connectivity index (χ1n) is 6.26. The highest BCUT2D eigenvalue weighted by atomic mass is 35.5. The van der Waals surface area contributed by atoms with Crippen LogP contribution in [0.3, 0.4) is 0 Å². The maximum absolute atomic E-state index is 10.8. The zero-order valence-corrected chi connectivity index (χ0v) is 12.2. The summed E-state index contributed by atoms with van der Waals surface area (Å²) in [6.45, 7) is 3.44. The molecule has 0 spiro atoms. The van der Waals surface area contributed by atoms with Gasteiger partial charge in [-0.25, -0.2) is 4.79 Å². The molecular formula is C15H15ClN2O3. The second-order valence-corrected chi connectivity index (χ2v) is 5.20. The lowest BCUT2D eigenvalue weighted by Gasteiger charge is -2.15. The van der Waals surface area contributed by atoms with E-state index >= 15 is 0 Å². The average Bonchev–Trinajstić information content (AvgIpc) is 2.84. The van der Waals surface area contributed by atoms with Gasteiger partial charge in [-0.05, 0) is 23.3 Å². The lowest BCUT2D eigenvalue weighted by atomic mass is 9.95. The third-order valence-corrected chi connectivity index (χ3v) is 3.37. The number of carboxylic acid groups (broad SMARTS) is 1. The smallest absolute Gasteiger partial charge is 0.331 e. The Labute approximate surface area is 127 Å². The molecule has 0 bridgehead atoms. The second-order valence-electron chi connectivity index (χ2n) is 4.76. The molecule has 0 saturated heterocycles. The van der Waals surface area contributed by atoms with Gasteiger partial charge in [-0.3, -0.25) is 4.68 Å². The van der Waals surface area contributed by atoms with Crippen LogP contribution in [0.5, 0.6) is 0 Å². The predicted molar refractivity (Wildman–Crippen MR) is 80.0 cm³/mol. The minimum Gasteiger partial charge on any atom is -0.478 e. The van der Waals surface area contributed by atoms with Crippen molar-refractivity contribution in [2.45, 2.75) is 12.5 Å². The Hall–Kier alpha value is -2.11. The zero-order valence-electron chi connectivity index (χ0n) is 11.5. The van der Waals surface area contributed by atoms with Gasteiger partial charge in [-0.2, -0.15) is 5.10 Å². The van der Waals surface area contributed by atoms with Crippen molar-refractivity contribution in [1.82, 2.24) is 9.78 Å². The highest BCUT2D eigenvalue weighted by Gasteiger charge is 2.18. The Balaban J connectivity index is 2.39. The lowest BCUT2D eigenvalue weighted by Crippen LogP contribution is -2.06. The van der Waals surface area contributed by atoms with Crippen molar-refractivity contribution < 1.29 is 15.0 Å². The maximum atomic E-state index is 10.8. The fourth-order valence-corrected chi connectivity index (χ4v) is 2.23. The molecule has 1 aromatic heterocycles. The molecule has 1 atom stereocenters. The number of aryl methyl sites for hydroxylation is 1. The molecule has 110 valence electrons. The molecule has 21 heavy (non-hydrogen) atoms. The fourth-order valence-electron chi connectivity index (χ4n) is 2.06. The summed E-state index contributed by atoms with van der Waals surface area (Å²) in [6.07, 6.45) is 2.44. The van der Waals surface area contributed by atoms with Crippen LogP contribution in [0.2, 0.25) is 5.02 Å². The lowest BCUT2D eigenvalue weighted by molar-refractivity contribution is -0.133. The number of nitrogens with zero attached hydrogens (tertiary/aromatic N) is 2. The van der Waals surface area contributed by atoms with Crippen LogP contribution >= 0.6 is 11.6 Å².